The van der Waals surface area contributed by atoms with Crippen molar-refractivity contribution in [3.63, 3.8) is 0 Å². The van der Waals surface area contributed by atoms with E-state index in [9.17, 15) is 18.0 Å². The standard InChI is InChI=1S/C20H19F3N2O2S/c1-2-27-17-9-5-15(6-10-17)18(26)25-12-11-24-19(25)28-13-14-3-7-16(8-4-14)20(21,22)23/h3-10H,2,11-13H2,1H3. The van der Waals surface area contributed by atoms with Gasteiger partial charge in [0.15, 0.2) is 5.17 Å². The van der Waals surface area contributed by atoms with Gasteiger partial charge in [-0.15, -0.1) is 0 Å². The lowest BCUT2D eigenvalue weighted by molar-refractivity contribution is -0.137. The van der Waals surface area contributed by atoms with Gasteiger partial charge in [0.25, 0.3) is 5.91 Å². The maximum atomic E-state index is 12.8. The number of hydrogen-bond acceptors (Lipinski definition) is 4. The van der Waals surface area contributed by atoms with Crippen LogP contribution in [0.4, 0.5) is 13.2 Å². The Hall–Kier alpha value is -2.48. The van der Waals surface area contributed by atoms with Crippen LogP contribution in [-0.2, 0) is 11.9 Å². The lowest BCUT2D eigenvalue weighted by atomic mass is 10.1. The molecule has 1 aliphatic rings. The van der Waals surface area contributed by atoms with Gasteiger partial charge < -0.3 is 4.74 Å². The summed E-state index contributed by atoms with van der Waals surface area (Å²) in [7, 11) is 0. The average Bonchev–Trinajstić information content (AvgIpc) is 3.15. The van der Waals surface area contributed by atoms with E-state index >= 15 is 0 Å². The van der Waals surface area contributed by atoms with Crippen molar-refractivity contribution >= 4 is 22.8 Å². The molecule has 8 heteroatoms. The minimum Gasteiger partial charge on any atom is -0.494 e. The van der Waals surface area contributed by atoms with Gasteiger partial charge in [-0.05, 0) is 48.9 Å². The zero-order valence-corrected chi connectivity index (χ0v) is 16.0. The second-order valence-corrected chi connectivity index (χ2v) is 7.00. The Labute approximate surface area is 165 Å². The van der Waals surface area contributed by atoms with Crippen molar-refractivity contribution in [2.45, 2.75) is 18.9 Å². The van der Waals surface area contributed by atoms with Crippen molar-refractivity contribution in [2.75, 3.05) is 19.7 Å². The molecule has 148 valence electrons. The molecule has 1 heterocycles. The number of nitrogens with zero attached hydrogens (tertiary/aromatic N) is 2. The monoisotopic (exact) mass is 408 g/mol. The van der Waals surface area contributed by atoms with Crippen molar-refractivity contribution in [1.82, 2.24) is 4.90 Å². The Balaban J connectivity index is 1.62. The smallest absolute Gasteiger partial charge is 0.416 e. The number of halogens is 3. The molecule has 0 aliphatic carbocycles. The van der Waals surface area contributed by atoms with Crippen LogP contribution in [0.15, 0.2) is 53.5 Å². The highest BCUT2D eigenvalue weighted by atomic mass is 32.2. The van der Waals surface area contributed by atoms with E-state index in [1.165, 1.54) is 23.9 Å². The van der Waals surface area contributed by atoms with E-state index in [0.29, 0.717) is 41.9 Å². The maximum Gasteiger partial charge on any atom is 0.416 e. The van der Waals surface area contributed by atoms with Crippen molar-refractivity contribution in [2.24, 2.45) is 4.99 Å². The number of rotatable bonds is 5. The Morgan fingerprint density at radius 3 is 2.43 bits per heavy atom. The molecule has 0 atom stereocenters. The van der Waals surface area contributed by atoms with Crippen LogP contribution in [0.3, 0.4) is 0 Å². The van der Waals surface area contributed by atoms with E-state index in [-0.39, 0.29) is 5.91 Å². The summed E-state index contributed by atoms with van der Waals surface area (Å²) in [4.78, 5) is 18.7. The van der Waals surface area contributed by atoms with Crippen molar-refractivity contribution in [3.8, 4) is 5.75 Å². The van der Waals surface area contributed by atoms with Gasteiger partial charge in [0, 0.05) is 17.9 Å². The third-order valence-corrected chi connectivity index (χ3v) is 5.19. The number of alkyl halides is 3. The zero-order chi connectivity index (χ0) is 20.1. The first-order valence-corrected chi connectivity index (χ1v) is 9.75. The fourth-order valence-corrected chi connectivity index (χ4v) is 3.69. The van der Waals surface area contributed by atoms with Crippen molar-refractivity contribution < 1.29 is 22.7 Å². The van der Waals surface area contributed by atoms with E-state index in [1.54, 1.807) is 29.2 Å². The Bertz CT molecular complexity index is 849. The minimum atomic E-state index is -4.35. The number of benzene rings is 2. The Morgan fingerprint density at radius 2 is 1.82 bits per heavy atom. The van der Waals surface area contributed by atoms with E-state index in [4.69, 9.17) is 4.74 Å². The molecule has 2 aromatic carbocycles. The molecule has 0 spiro atoms. The van der Waals surface area contributed by atoms with E-state index < -0.39 is 11.7 Å². The molecule has 0 bridgehead atoms. The summed E-state index contributed by atoms with van der Waals surface area (Å²) in [6.45, 7) is 3.44. The second-order valence-electron chi connectivity index (χ2n) is 6.06. The van der Waals surface area contributed by atoms with Crippen molar-refractivity contribution in [1.29, 1.82) is 0 Å². The summed E-state index contributed by atoms with van der Waals surface area (Å²) >= 11 is 1.34. The molecular weight excluding hydrogens is 389 g/mol. The number of amidine groups is 1. The molecule has 0 fully saturated rings. The predicted molar refractivity (Wildman–Crippen MR) is 104 cm³/mol. The summed E-state index contributed by atoms with van der Waals surface area (Å²) in [5, 5.41) is 0.582. The number of thioether (sulfide) groups is 1. The fourth-order valence-electron chi connectivity index (χ4n) is 2.69. The molecule has 1 aliphatic heterocycles. The van der Waals surface area contributed by atoms with Crippen LogP contribution in [0, 0.1) is 0 Å². The third kappa shape index (κ3) is 4.86. The second kappa shape index (κ2) is 8.68. The molecule has 1 amide bonds. The summed E-state index contributed by atoms with van der Waals surface area (Å²) in [6, 6.07) is 11.9. The van der Waals surface area contributed by atoms with Gasteiger partial charge in [-0.25, -0.2) is 0 Å². The summed E-state index contributed by atoms with van der Waals surface area (Å²) in [6.07, 6.45) is -4.35. The summed E-state index contributed by atoms with van der Waals surface area (Å²) in [5.74, 6) is 0.981. The van der Waals surface area contributed by atoms with E-state index in [1.807, 2.05) is 6.92 Å². The first kappa shape index (κ1) is 20.3. The zero-order valence-electron chi connectivity index (χ0n) is 15.2. The molecule has 2 aromatic rings. The lowest BCUT2D eigenvalue weighted by Crippen LogP contribution is -2.32. The van der Waals surface area contributed by atoms with Gasteiger partial charge in [-0.1, -0.05) is 23.9 Å². The third-order valence-electron chi connectivity index (χ3n) is 4.11. The van der Waals surface area contributed by atoms with Crippen LogP contribution < -0.4 is 4.74 Å². The molecule has 0 saturated heterocycles. The molecule has 0 saturated carbocycles. The van der Waals surface area contributed by atoms with Gasteiger partial charge in [0.2, 0.25) is 0 Å². The van der Waals surface area contributed by atoms with Crippen LogP contribution in [0.1, 0.15) is 28.4 Å². The molecule has 0 radical (unpaired) electrons. The first-order chi connectivity index (χ1) is 13.4. The quantitative estimate of drug-likeness (QED) is 0.710. The number of carbonyl (C=O) groups is 1. The number of carbonyl (C=O) groups excluding carboxylic acids is 1. The molecule has 0 N–H and O–H groups in total. The highest BCUT2D eigenvalue weighted by Gasteiger charge is 2.30. The number of ether oxygens (including phenoxy) is 1. The lowest BCUT2D eigenvalue weighted by Gasteiger charge is -2.18. The fraction of sp³-hybridized carbons (Fsp3) is 0.300. The summed E-state index contributed by atoms with van der Waals surface area (Å²) < 4.78 is 43.3. The largest absolute Gasteiger partial charge is 0.494 e. The van der Waals surface area contributed by atoms with Crippen LogP contribution in [0.5, 0.6) is 5.75 Å². The number of hydrogen-bond donors (Lipinski definition) is 0. The average molecular weight is 408 g/mol. The Morgan fingerprint density at radius 1 is 1.14 bits per heavy atom. The molecule has 3 rings (SSSR count). The number of aliphatic imine (C=N–C) groups is 1. The van der Waals surface area contributed by atoms with Crippen LogP contribution in [-0.4, -0.2) is 35.7 Å². The van der Waals surface area contributed by atoms with E-state index in [2.05, 4.69) is 4.99 Å². The van der Waals surface area contributed by atoms with Gasteiger partial charge in [0.05, 0.1) is 18.7 Å². The SMILES string of the molecule is CCOc1ccc(C(=O)N2CCN=C2SCc2ccc(C(F)(F)F)cc2)cc1. The maximum absolute atomic E-state index is 12.8. The minimum absolute atomic E-state index is 0.154. The molecule has 28 heavy (non-hydrogen) atoms. The van der Waals surface area contributed by atoms with Gasteiger partial charge >= 0.3 is 6.18 Å². The molecular formula is C20H19F3N2O2S. The molecule has 0 unspecified atom stereocenters. The Kier molecular flexibility index (Phi) is 6.28. The molecule has 4 nitrogen and oxygen atoms in total. The van der Waals surface area contributed by atoms with Gasteiger partial charge in [-0.2, -0.15) is 13.2 Å². The molecule has 0 aromatic heterocycles. The van der Waals surface area contributed by atoms with Gasteiger partial charge in [0.1, 0.15) is 5.75 Å². The first-order valence-electron chi connectivity index (χ1n) is 8.76. The van der Waals surface area contributed by atoms with E-state index in [0.717, 1.165) is 17.7 Å². The summed E-state index contributed by atoms with van der Waals surface area (Å²) in [5.41, 5.74) is 0.598. The normalized spacial score (nSPS) is 14.1. The van der Waals surface area contributed by atoms with Crippen LogP contribution in [0.25, 0.3) is 0 Å². The van der Waals surface area contributed by atoms with Gasteiger partial charge in [-0.3, -0.25) is 14.7 Å². The van der Waals surface area contributed by atoms with Crippen LogP contribution in [0.2, 0.25) is 0 Å². The highest BCUT2D eigenvalue weighted by molar-refractivity contribution is 8.13. The van der Waals surface area contributed by atoms with Crippen LogP contribution >= 0.6 is 11.8 Å². The highest BCUT2D eigenvalue weighted by Crippen LogP contribution is 2.30. The predicted octanol–water partition coefficient (Wildman–Crippen LogP) is 4.85. The van der Waals surface area contributed by atoms with Crippen molar-refractivity contribution in [3.05, 3.63) is 65.2 Å². The number of amides is 1. The topological polar surface area (TPSA) is 41.9 Å².